The Morgan fingerprint density at radius 2 is 2.38 bits per heavy atom. The molecule has 0 fully saturated rings. The van der Waals surface area contributed by atoms with Crippen molar-refractivity contribution in [2.75, 3.05) is 0 Å². The van der Waals surface area contributed by atoms with E-state index in [9.17, 15) is 4.79 Å². The highest BCUT2D eigenvalue weighted by Crippen LogP contribution is 2.14. The lowest BCUT2D eigenvalue weighted by Crippen LogP contribution is -2.08. The summed E-state index contributed by atoms with van der Waals surface area (Å²) < 4.78 is 2.17. The highest BCUT2D eigenvalue weighted by Gasteiger charge is 2.10. The van der Waals surface area contributed by atoms with Crippen LogP contribution in [0.4, 0.5) is 0 Å². The second-order valence-electron chi connectivity index (χ2n) is 3.23. The molecule has 0 saturated carbocycles. The summed E-state index contributed by atoms with van der Waals surface area (Å²) in [5, 5.41) is 0. The number of carbonyl (C=O) groups excluding carboxylic acids is 1. The van der Waals surface area contributed by atoms with Crippen LogP contribution < -0.4 is 0 Å². The SMILES string of the molecule is O=C/C=C/c1cn2c(n1)CCCC2. The van der Waals surface area contributed by atoms with Crippen LogP contribution in [-0.2, 0) is 17.8 Å². The van der Waals surface area contributed by atoms with Crippen molar-refractivity contribution < 1.29 is 4.79 Å². The lowest BCUT2D eigenvalue weighted by Gasteiger charge is -2.11. The van der Waals surface area contributed by atoms with Crippen LogP contribution in [0.25, 0.3) is 6.08 Å². The molecule has 2 rings (SSSR count). The first-order chi connectivity index (χ1) is 6.40. The average molecular weight is 176 g/mol. The van der Waals surface area contributed by atoms with Crippen molar-refractivity contribution in [1.29, 1.82) is 0 Å². The predicted molar refractivity (Wildman–Crippen MR) is 50.3 cm³/mol. The van der Waals surface area contributed by atoms with Crippen molar-refractivity contribution in [2.45, 2.75) is 25.8 Å². The van der Waals surface area contributed by atoms with Crippen molar-refractivity contribution >= 4 is 12.4 Å². The number of carbonyl (C=O) groups is 1. The molecule has 0 atom stereocenters. The number of aromatic nitrogens is 2. The van der Waals surface area contributed by atoms with Gasteiger partial charge >= 0.3 is 0 Å². The second kappa shape index (κ2) is 3.56. The summed E-state index contributed by atoms with van der Waals surface area (Å²) in [6, 6.07) is 0. The minimum Gasteiger partial charge on any atom is -0.334 e. The normalized spacial score (nSPS) is 16.0. The Morgan fingerprint density at radius 3 is 3.15 bits per heavy atom. The Labute approximate surface area is 77.1 Å². The van der Waals surface area contributed by atoms with E-state index in [2.05, 4.69) is 9.55 Å². The monoisotopic (exact) mass is 176 g/mol. The summed E-state index contributed by atoms with van der Waals surface area (Å²) in [4.78, 5) is 14.5. The number of rotatable bonds is 2. The smallest absolute Gasteiger partial charge is 0.142 e. The molecule has 1 aliphatic heterocycles. The number of allylic oxidation sites excluding steroid dienone is 1. The molecule has 13 heavy (non-hydrogen) atoms. The van der Waals surface area contributed by atoms with Gasteiger partial charge in [0.1, 0.15) is 12.1 Å². The van der Waals surface area contributed by atoms with Gasteiger partial charge in [0.05, 0.1) is 5.69 Å². The van der Waals surface area contributed by atoms with Crippen LogP contribution in [0, 0.1) is 0 Å². The van der Waals surface area contributed by atoms with Gasteiger partial charge in [-0.3, -0.25) is 4.79 Å². The van der Waals surface area contributed by atoms with Crippen LogP contribution in [0.15, 0.2) is 12.3 Å². The number of imidazole rings is 1. The third-order valence-corrected chi connectivity index (χ3v) is 2.27. The fourth-order valence-corrected chi connectivity index (χ4v) is 1.65. The molecule has 3 heteroatoms. The first-order valence-electron chi connectivity index (χ1n) is 4.58. The Balaban J connectivity index is 2.24. The Kier molecular flexibility index (Phi) is 2.25. The molecule has 0 aromatic carbocycles. The molecule has 1 aliphatic rings. The molecule has 2 heterocycles. The molecule has 0 unspecified atom stereocenters. The second-order valence-corrected chi connectivity index (χ2v) is 3.23. The lowest BCUT2D eigenvalue weighted by molar-refractivity contribution is -0.104. The van der Waals surface area contributed by atoms with E-state index in [1.54, 1.807) is 6.08 Å². The van der Waals surface area contributed by atoms with Gasteiger partial charge in [-0.15, -0.1) is 0 Å². The third-order valence-electron chi connectivity index (χ3n) is 2.27. The number of aldehydes is 1. The van der Waals surface area contributed by atoms with Gasteiger partial charge in [-0.25, -0.2) is 4.98 Å². The third kappa shape index (κ3) is 1.69. The van der Waals surface area contributed by atoms with Gasteiger partial charge in [-0.2, -0.15) is 0 Å². The van der Waals surface area contributed by atoms with E-state index in [0.29, 0.717) is 0 Å². The molecule has 1 aromatic rings. The van der Waals surface area contributed by atoms with Crippen molar-refractivity contribution in [2.24, 2.45) is 0 Å². The number of hydrogen-bond donors (Lipinski definition) is 0. The zero-order valence-corrected chi connectivity index (χ0v) is 7.44. The maximum Gasteiger partial charge on any atom is 0.142 e. The molecule has 0 N–H and O–H groups in total. The quantitative estimate of drug-likeness (QED) is 0.504. The molecule has 0 amide bonds. The van der Waals surface area contributed by atoms with Gasteiger partial charge in [0.15, 0.2) is 0 Å². The van der Waals surface area contributed by atoms with Crippen LogP contribution in [0.1, 0.15) is 24.4 Å². The topological polar surface area (TPSA) is 34.9 Å². The first-order valence-corrected chi connectivity index (χ1v) is 4.58. The summed E-state index contributed by atoms with van der Waals surface area (Å²) in [5.74, 6) is 1.15. The van der Waals surface area contributed by atoms with Gasteiger partial charge in [0, 0.05) is 19.2 Å². The Bertz CT molecular complexity index is 315. The van der Waals surface area contributed by atoms with E-state index < -0.39 is 0 Å². The first kappa shape index (κ1) is 8.23. The van der Waals surface area contributed by atoms with Gasteiger partial charge in [-0.05, 0) is 25.0 Å². The van der Waals surface area contributed by atoms with Gasteiger partial charge in [0.25, 0.3) is 0 Å². The molecule has 0 radical (unpaired) electrons. The van der Waals surface area contributed by atoms with E-state index in [1.807, 2.05) is 6.20 Å². The van der Waals surface area contributed by atoms with E-state index in [4.69, 9.17) is 0 Å². The fourth-order valence-electron chi connectivity index (χ4n) is 1.65. The Hall–Kier alpha value is -1.38. The molecule has 0 bridgehead atoms. The van der Waals surface area contributed by atoms with E-state index in [-0.39, 0.29) is 0 Å². The van der Waals surface area contributed by atoms with Crippen molar-refractivity contribution in [1.82, 2.24) is 9.55 Å². The van der Waals surface area contributed by atoms with Crippen LogP contribution in [-0.4, -0.2) is 15.8 Å². The minimum absolute atomic E-state index is 0.776. The summed E-state index contributed by atoms with van der Waals surface area (Å²) in [6.07, 6.45) is 9.54. The highest BCUT2D eigenvalue weighted by atomic mass is 16.1. The molecule has 3 nitrogen and oxygen atoms in total. The standard InChI is InChI=1S/C10H12N2O/c13-7-3-4-9-8-12-6-2-1-5-10(12)11-9/h3-4,7-8H,1-2,5-6H2/b4-3+. The van der Waals surface area contributed by atoms with Crippen molar-refractivity contribution in [3.8, 4) is 0 Å². The van der Waals surface area contributed by atoms with E-state index in [1.165, 1.54) is 18.9 Å². The van der Waals surface area contributed by atoms with Crippen LogP contribution >= 0.6 is 0 Å². The van der Waals surface area contributed by atoms with Gasteiger partial charge in [-0.1, -0.05) is 0 Å². The zero-order chi connectivity index (χ0) is 9.10. The van der Waals surface area contributed by atoms with E-state index in [0.717, 1.165) is 30.8 Å². The number of aryl methyl sites for hydroxylation is 2. The van der Waals surface area contributed by atoms with Crippen molar-refractivity contribution in [3.05, 3.63) is 23.8 Å². The molecule has 0 aliphatic carbocycles. The molecule has 1 aromatic heterocycles. The van der Waals surface area contributed by atoms with Crippen LogP contribution in [0.2, 0.25) is 0 Å². The molecule has 0 spiro atoms. The van der Waals surface area contributed by atoms with Crippen LogP contribution in [0.5, 0.6) is 0 Å². The summed E-state index contributed by atoms with van der Waals surface area (Å²) in [7, 11) is 0. The molecule has 0 saturated heterocycles. The lowest BCUT2D eigenvalue weighted by atomic mass is 10.2. The number of nitrogens with zero attached hydrogens (tertiary/aromatic N) is 2. The van der Waals surface area contributed by atoms with Crippen LogP contribution in [0.3, 0.4) is 0 Å². The van der Waals surface area contributed by atoms with Crippen molar-refractivity contribution in [3.63, 3.8) is 0 Å². The Morgan fingerprint density at radius 1 is 1.46 bits per heavy atom. The fraction of sp³-hybridized carbons (Fsp3) is 0.400. The predicted octanol–water partition coefficient (Wildman–Crippen LogP) is 1.43. The van der Waals surface area contributed by atoms with E-state index >= 15 is 0 Å². The molecular formula is C10H12N2O. The van der Waals surface area contributed by atoms with Gasteiger partial charge in [0.2, 0.25) is 0 Å². The summed E-state index contributed by atoms with van der Waals surface area (Å²) in [6.45, 7) is 1.07. The summed E-state index contributed by atoms with van der Waals surface area (Å²) in [5.41, 5.74) is 0.893. The zero-order valence-electron chi connectivity index (χ0n) is 7.44. The highest BCUT2D eigenvalue weighted by molar-refractivity contribution is 5.72. The largest absolute Gasteiger partial charge is 0.334 e. The minimum atomic E-state index is 0.776. The molecule has 68 valence electrons. The maximum absolute atomic E-state index is 10.1. The molecular weight excluding hydrogens is 164 g/mol. The van der Waals surface area contributed by atoms with Gasteiger partial charge < -0.3 is 4.57 Å². The average Bonchev–Trinajstić information content (AvgIpc) is 2.57. The number of hydrogen-bond acceptors (Lipinski definition) is 2. The maximum atomic E-state index is 10.1. The number of fused-ring (bicyclic) bond motifs is 1. The summed E-state index contributed by atoms with van der Waals surface area (Å²) >= 11 is 0.